The number of rotatable bonds is 7. The van der Waals surface area contributed by atoms with E-state index < -0.39 is 0 Å². The molecule has 0 spiro atoms. The molecule has 1 aliphatic rings. The first-order valence-corrected chi connectivity index (χ1v) is 7.14. The fourth-order valence-corrected chi connectivity index (χ4v) is 2.29. The minimum Gasteiger partial charge on any atom is -0.367 e. The van der Waals surface area contributed by atoms with Gasteiger partial charge < -0.3 is 14.6 Å². The SMILES string of the molecule is CCCN1CCOC(c2noc(CCCNC)n2)C1. The molecule has 0 bridgehead atoms. The number of nitrogens with zero attached hydrogens (tertiary/aromatic N) is 3. The van der Waals surface area contributed by atoms with E-state index in [1.807, 2.05) is 7.05 Å². The summed E-state index contributed by atoms with van der Waals surface area (Å²) in [6, 6.07) is 0. The highest BCUT2D eigenvalue weighted by Gasteiger charge is 2.25. The van der Waals surface area contributed by atoms with Gasteiger partial charge in [-0.1, -0.05) is 12.1 Å². The van der Waals surface area contributed by atoms with Crippen LogP contribution < -0.4 is 5.32 Å². The molecule has 1 fully saturated rings. The van der Waals surface area contributed by atoms with Crippen LogP contribution in [0.3, 0.4) is 0 Å². The number of morpholine rings is 1. The van der Waals surface area contributed by atoms with Crippen molar-refractivity contribution in [2.45, 2.75) is 32.3 Å². The predicted octanol–water partition coefficient (Wildman–Crippen LogP) is 1.00. The van der Waals surface area contributed by atoms with Crippen LogP contribution in [-0.2, 0) is 11.2 Å². The molecule has 19 heavy (non-hydrogen) atoms. The number of aryl methyl sites for hydroxylation is 1. The Balaban J connectivity index is 1.86. The standard InChI is InChI=1S/C13H24N4O2/c1-3-7-17-8-9-18-11(10-17)13-15-12(19-16-13)5-4-6-14-2/h11,14H,3-10H2,1-2H3. The molecule has 1 aliphatic heterocycles. The van der Waals surface area contributed by atoms with Crippen molar-refractivity contribution in [2.75, 3.05) is 39.8 Å². The molecule has 0 aliphatic carbocycles. The second kappa shape index (κ2) is 7.57. The van der Waals surface area contributed by atoms with E-state index in [2.05, 4.69) is 27.3 Å². The Hall–Kier alpha value is -0.980. The van der Waals surface area contributed by atoms with Crippen molar-refractivity contribution in [3.05, 3.63) is 11.7 Å². The molecule has 2 heterocycles. The molecule has 0 aromatic carbocycles. The van der Waals surface area contributed by atoms with Crippen LogP contribution in [0.15, 0.2) is 4.52 Å². The van der Waals surface area contributed by atoms with Crippen LogP contribution in [0, 0.1) is 0 Å². The molecule has 2 rings (SSSR count). The molecule has 1 N–H and O–H groups in total. The van der Waals surface area contributed by atoms with Crippen molar-refractivity contribution >= 4 is 0 Å². The second-order valence-corrected chi connectivity index (χ2v) is 4.91. The quantitative estimate of drug-likeness (QED) is 0.745. The molecule has 6 heteroatoms. The normalized spacial score (nSPS) is 20.8. The molecule has 1 atom stereocenters. The predicted molar refractivity (Wildman–Crippen MR) is 72.0 cm³/mol. The van der Waals surface area contributed by atoms with E-state index in [1.165, 1.54) is 0 Å². The maximum absolute atomic E-state index is 5.74. The highest BCUT2D eigenvalue weighted by Crippen LogP contribution is 2.20. The Morgan fingerprint density at radius 2 is 2.37 bits per heavy atom. The number of ether oxygens (including phenoxy) is 1. The van der Waals surface area contributed by atoms with Gasteiger partial charge in [0.2, 0.25) is 11.7 Å². The van der Waals surface area contributed by atoms with Crippen LogP contribution in [0.5, 0.6) is 0 Å². The van der Waals surface area contributed by atoms with Crippen LogP contribution >= 0.6 is 0 Å². The molecule has 0 amide bonds. The van der Waals surface area contributed by atoms with Gasteiger partial charge in [-0.25, -0.2) is 0 Å². The van der Waals surface area contributed by atoms with Crippen molar-refractivity contribution in [1.29, 1.82) is 0 Å². The number of hydrogen-bond donors (Lipinski definition) is 1. The smallest absolute Gasteiger partial charge is 0.226 e. The van der Waals surface area contributed by atoms with Gasteiger partial charge in [-0.15, -0.1) is 0 Å². The van der Waals surface area contributed by atoms with Crippen LogP contribution in [0.4, 0.5) is 0 Å². The first kappa shape index (κ1) is 14.4. The molecule has 1 aromatic heterocycles. The average Bonchev–Trinajstić information content (AvgIpc) is 2.89. The molecule has 0 radical (unpaired) electrons. The first-order chi connectivity index (χ1) is 9.33. The highest BCUT2D eigenvalue weighted by molar-refractivity contribution is 4.94. The van der Waals surface area contributed by atoms with Gasteiger partial charge in [-0.05, 0) is 33.0 Å². The summed E-state index contributed by atoms with van der Waals surface area (Å²) in [5, 5.41) is 7.16. The van der Waals surface area contributed by atoms with Crippen LogP contribution in [-0.4, -0.2) is 54.9 Å². The molecule has 1 unspecified atom stereocenters. The van der Waals surface area contributed by atoms with Gasteiger partial charge in [0.05, 0.1) is 6.61 Å². The Kier molecular flexibility index (Phi) is 5.75. The zero-order valence-corrected chi connectivity index (χ0v) is 11.9. The van der Waals surface area contributed by atoms with E-state index in [4.69, 9.17) is 9.26 Å². The molecule has 108 valence electrons. The lowest BCUT2D eigenvalue weighted by atomic mass is 10.2. The van der Waals surface area contributed by atoms with Gasteiger partial charge in [0.15, 0.2) is 0 Å². The van der Waals surface area contributed by atoms with Gasteiger partial charge in [-0.2, -0.15) is 4.98 Å². The van der Waals surface area contributed by atoms with Crippen LogP contribution in [0.2, 0.25) is 0 Å². The zero-order chi connectivity index (χ0) is 13.5. The molecule has 1 saturated heterocycles. The summed E-state index contributed by atoms with van der Waals surface area (Å²) in [7, 11) is 1.94. The molecule has 0 saturated carbocycles. The van der Waals surface area contributed by atoms with Gasteiger partial charge in [0.1, 0.15) is 6.10 Å². The van der Waals surface area contributed by atoms with Crippen molar-refractivity contribution in [2.24, 2.45) is 0 Å². The fourth-order valence-electron chi connectivity index (χ4n) is 2.29. The summed E-state index contributed by atoms with van der Waals surface area (Å²) in [5.41, 5.74) is 0. The number of aromatic nitrogens is 2. The van der Waals surface area contributed by atoms with Crippen LogP contribution in [0.25, 0.3) is 0 Å². The maximum atomic E-state index is 5.74. The number of nitrogens with one attached hydrogen (secondary N) is 1. The highest BCUT2D eigenvalue weighted by atomic mass is 16.5. The molecular formula is C13H24N4O2. The summed E-state index contributed by atoms with van der Waals surface area (Å²) in [6.45, 7) is 6.86. The van der Waals surface area contributed by atoms with E-state index in [0.717, 1.165) is 52.0 Å². The van der Waals surface area contributed by atoms with Crippen molar-refractivity contribution in [3.8, 4) is 0 Å². The Morgan fingerprint density at radius 1 is 1.47 bits per heavy atom. The lowest BCUT2D eigenvalue weighted by molar-refractivity contribution is -0.0350. The largest absolute Gasteiger partial charge is 0.367 e. The summed E-state index contributed by atoms with van der Waals surface area (Å²) < 4.78 is 11.0. The van der Waals surface area contributed by atoms with Crippen molar-refractivity contribution in [3.63, 3.8) is 0 Å². The summed E-state index contributed by atoms with van der Waals surface area (Å²) in [5.74, 6) is 1.40. The average molecular weight is 268 g/mol. The third-order valence-corrected chi connectivity index (χ3v) is 3.28. The Labute approximate surface area is 114 Å². The molecule has 6 nitrogen and oxygen atoms in total. The van der Waals surface area contributed by atoms with E-state index >= 15 is 0 Å². The summed E-state index contributed by atoms with van der Waals surface area (Å²) in [6.07, 6.45) is 2.95. The second-order valence-electron chi connectivity index (χ2n) is 4.91. The molecular weight excluding hydrogens is 244 g/mol. The summed E-state index contributed by atoms with van der Waals surface area (Å²) >= 11 is 0. The van der Waals surface area contributed by atoms with Crippen molar-refractivity contribution < 1.29 is 9.26 Å². The van der Waals surface area contributed by atoms with E-state index in [-0.39, 0.29) is 6.10 Å². The topological polar surface area (TPSA) is 63.4 Å². The van der Waals surface area contributed by atoms with Gasteiger partial charge in [0, 0.05) is 19.5 Å². The van der Waals surface area contributed by atoms with Crippen LogP contribution in [0.1, 0.15) is 37.6 Å². The Bertz CT molecular complexity index is 367. The maximum Gasteiger partial charge on any atom is 0.226 e. The minimum atomic E-state index is -0.0397. The van der Waals surface area contributed by atoms with E-state index in [0.29, 0.717) is 11.7 Å². The third kappa shape index (κ3) is 4.26. The fraction of sp³-hybridized carbons (Fsp3) is 0.846. The zero-order valence-electron chi connectivity index (χ0n) is 11.9. The summed E-state index contributed by atoms with van der Waals surface area (Å²) in [4.78, 5) is 6.84. The first-order valence-electron chi connectivity index (χ1n) is 7.14. The molecule has 1 aromatic rings. The van der Waals surface area contributed by atoms with Gasteiger partial charge in [-0.3, -0.25) is 4.90 Å². The number of hydrogen-bond acceptors (Lipinski definition) is 6. The van der Waals surface area contributed by atoms with Gasteiger partial charge >= 0.3 is 0 Å². The minimum absolute atomic E-state index is 0.0397. The lowest BCUT2D eigenvalue weighted by Gasteiger charge is -2.30. The van der Waals surface area contributed by atoms with Crippen molar-refractivity contribution in [1.82, 2.24) is 20.4 Å². The van der Waals surface area contributed by atoms with E-state index in [1.54, 1.807) is 0 Å². The third-order valence-electron chi connectivity index (χ3n) is 3.28. The van der Waals surface area contributed by atoms with Gasteiger partial charge in [0.25, 0.3) is 0 Å². The lowest BCUT2D eigenvalue weighted by Crippen LogP contribution is -2.39. The van der Waals surface area contributed by atoms with E-state index in [9.17, 15) is 0 Å². The Morgan fingerprint density at radius 3 is 3.16 bits per heavy atom. The monoisotopic (exact) mass is 268 g/mol.